The minimum atomic E-state index is -0.0838. The van der Waals surface area contributed by atoms with Crippen LogP contribution in [0.15, 0.2) is 150 Å². The predicted octanol–water partition coefficient (Wildman–Crippen LogP) is 11.8. The summed E-state index contributed by atoms with van der Waals surface area (Å²) in [6, 6.07) is 23.8. The van der Waals surface area contributed by atoms with E-state index in [9.17, 15) is 0 Å². The molecule has 0 amide bonds. The average molecular weight is 677 g/mol. The van der Waals surface area contributed by atoms with Gasteiger partial charge in [-0.1, -0.05) is 121 Å². The van der Waals surface area contributed by atoms with E-state index in [-0.39, 0.29) is 5.92 Å². The van der Waals surface area contributed by atoms with E-state index in [4.69, 9.17) is 6.42 Å². The minimum Gasteiger partial charge on any atom is -0.314 e. The van der Waals surface area contributed by atoms with E-state index in [1.54, 1.807) is 0 Å². The molecular formula is C51H36N2. The van der Waals surface area contributed by atoms with Crippen LogP contribution in [0.2, 0.25) is 0 Å². The molecule has 2 heteroatoms. The fourth-order valence-electron chi connectivity index (χ4n) is 7.72. The summed E-state index contributed by atoms with van der Waals surface area (Å²) < 4.78 is 2.33. The summed E-state index contributed by atoms with van der Waals surface area (Å²) in [7, 11) is 0. The molecule has 0 bridgehead atoms. The van der Waals surface area contributed by atoms with Gasteiger partial charge in [-0.25, -0.2) is 0 Å². The maximum atomic E-state index is 6.10. The molecule has 4 aromatic carbocycles. The van der Waals surface area contributed by atoms with Gasteiger partial charge in [-0.3, -0.25) is 0 Å². The average Bonchev–Trinajstić information content (AvgIpc) is 3.48. The van der Waals surface area contributed by atoms with Crippen LogP contribution in [0.4, 0.5) is 5.69 Å². The lowest BCUT2D eigenvalue weighted by Crippen LogP contribution is -2.20. The SMILES string of the molecule is C#CCc1c(/C=C(\C)N(C2=CC=C=C=C2)c2ccc3c(c2)c(/C=C\C)c(C=C)c2ccccc23)n(C2=C3\C#CC=CC3C#CC/C=C\2)c2ccccc12. The van der Waals surface area contributed by atoms with Crippen molar-refractivity contribution in [2.45, 2.75) is 26.7 Å². The number of rotatable bonds is 8. The highest BCUT2D eigenvalue weighted by molar-refractivity contribution is 6.15. The second kappa shape index (κ2) is 14.3. The van der Waals surface area contributed by atoms with Crippen LogP contribution in [0.25, 0.3) is 56.4 Å². The Labute approximate surface area is 311 Å². The number of allylic oxidation sites excluding steroid dienone is 11. The molecule has 1 unspecified atom stereocenters. The van der Waals surface area contributed by atoms with E-state index in [2.05, 4.69) is 180 Å². The third kappa shape index (κ3) is 5.85. The fraction of sp³-hybridized carbons (Fsp3) is 0.0980. The first-order valence-electron chi connectivity index (χ1n) is 17.9. The zero-order chi connectivity index (χ0) is 36.3. The number of nitrogens with zero attached hydrogens (tertiary/aromatic N) is 2. The van der Waals surface area contributed by atoms with Crippen LogP contribution in [0.1, 0.15) is 42.7 Å². The molecule has 3 aliphatic rings. The molecule has 1 atom stereocenters. The number of hydrogen-bond donors (Lipinski definition) is 0. The summed E-state index contributed by atoms with van der Waals surface area (Å²) in [5.74, 6) is 16.3. The number of benzene rings is 4. The van der Waals surface area contributed by atoms with Crippen LogP contribution >= 0.6 is 0 Å². The molecule has 1 heterocycles. The Bertz CT molecular complexity index is 2860. The summed E-state index contributed by atoms with van der Waals surface area (Å²) in [5, 5.41) is 5.86. The summed E-state index contributed by atoms with van der Waals surface area (Å²) in [6.45, 7) is 8.45. The Balaban J connectivity index is 1.41. The fourth-order valence-corrected chi connectivity index (χ4v) is 7.72. The molecule has 53 heavy (non-hydrogen) atoms. The first kappa shape index (κ1) is 33.1. The molecule has 1 aromatic heterocycles. The highest BCUT2D eigenvalue weighted by Crippen LogP contribution is 2.40. The number of anilines is 1. The molecule has 0 N–H and O–H groups in total. The van der Waals surface area contributed by atoms with E-state index in [1.807, 2.05) is 24.3 Å². The summed E-state index contributed by atoms with van der Waals surface area (Å²) in [4.78, 5) is 2.29. The Kier molecular flexibility index (Phi) is 8.90. The van der Waals surface area contributed by atoms with Crippen LogP contribution < -0.4 is 4.90 Å². The highest BCUT2D eigenvalue weighted by Gasteiger charge is 2.24. The van der Waals surface area contributed by atoms with Crippen molar-refractivity contribution in [3.05, 3.63) is 173 Å². The number of terminal acetylenes is 1. The van der Waals surface area contributed by atoms with Gasteiger partial charge in [-0.05, 0) is 101 Å². The van der Waals surface area contributed by atoms with Gasteiger partial charge >= 0.3 is 0 Å². The van der Waals surface area contributed by atoms with E-state index in [1.165, 1.54) is 16.2 Å². The first-order chi connectivity index (χ1) is 26.1. The van der Waals surface area contributed by atoms with Crippen molar-refractivity contribution < 1.29 is 0 Å². The summed E-state index contributed by atoms with van der Waals surface area (Å²) in [6.07, 6.45) is 30.1. The van der Waals surface area contributed by atoms with Crippen LogP contribution in [-0.4, -0.2) is 4.57 Å². The molecule has 0 aliphatic heterocycles. The molecule has 5 aromatic rings. The lowest BCUT2D eigenvalue weighted by atomic mass is 9.91. The molecule has 0 saturated carbocycles. The molecule has 250 valence electrons. The normalized spacial score (nSPS) is 17.8. The van der Waals surface area contributed by atoms with Gasteiger partial charge in [0.1, 0.15) is 0 Å². The van der Waals surface area contributed by atoms with Crippen LogP contribution in [-0.2, 0) is 6.42 Å². The van der Waals surface area contributed by atoms with Gasteiger partial charge in [-0.2, -0.15) is 0 Å². The molecule has 8 rings (SSSR count). The van der Waals surface area contributed by atoms with Crippen molar-refractivity contribution in [3.8, 4) is 36.0 Å². The molecule has 0 radical (unpaired) electrons. The van der Waals surface area contributed by atoms with E-state index < -0.39 is 0 Å². The van der Waals surface area contributed by atoms with Crippen LogP contribution in [0.5, 0.6) is 0 Å². The number of para-hydroxylation sites is 1. The summed E-state index contributed by atoms with van der Waals surface area (Å²) >= 11 is 0. The summed E-state index contributed by atoms with van der Waals surface area (Å²) in [5.41, 5.74) is 16.8. The quantitative estimate of drug-likeness (QED) is 0.0902. The molecule has 2 nitrogen and oxygen atoms in total. The Morgan fingerprint density at radius 1 is 1.00 bits per heavy atom. The molecular weight excluding hydrogens is 641 g/mol. The van der Waals surface area contributed by atoms with Crippen molar-refractivity contribution in [2.24, 2.45) is 5.92 Å². The maximum absolute atomic E-state index is 6.10. The standard InChI is InChI=1S/C51H36N2/c1-5-20-42-40(7-3)43-27-16-17-28-44(43)45-33-32-39(35-48(42)45)52(38-24-11-9-12-25-38)36(4)34-51-46(21-6-2)47-29-18-19-31-50(47)53(51)49-30-13-8-10-22-37-23-14-15-26-41(37)49/h2,5,7,11,13-14,16-20,23-25,27-35,37H,3,8,21H2,1,4H3/b20-5-,30-13-,36-34+,49-41+. The van der Waals surface area contributed by atoms with Gasteiger partial charge in [0.15, 0.2) is 0 Å². The zero-order valence-corrected chi connectivity index (χ0v) is 29.9. The molecule has 0 saturated heterocycles. The lowest BCUT2D eigenvalue weighted by Gasteiger charge is -2.28. The molecule has 0 fully saturated rings. The zero-order valence-electron chi connectivity index (χ0n) is 29.9. The minimum absolute atomic E-state index is 0.0838. The van der Waals surface area contributed by atoms with Crippen molar-refractivity contribution in [1.29, 1.82) is 0 Å². The van der Waals surface area contributed by atoms with Gasteiger partial charge in [0.05, 0.1) is 28.5 Å². The van der Waals surface area contributed by atoms with Crippen LogP contribution in [0, 0.1) is 41.9 Å². The lowest BCUT2D eigenvalue weighted by molar-refractivity contribution is 1.01. The van der Waals surface area contributed by atoms with Crippen molar-refractivity contribution in [1.82, 2.24) is 4.57 Å². The maximum Gasteiger partial charge on any atom is 0.0742 e. The molecule has 0 spiro atoms. The molecule has 3 aliphatic carbocycles. The number of fused-ring (bicyclic) bond motifs is 5. The third-order valence-corrected chi connectivity index (χ3v) is 9.94. The number of hydrogen-bond acceptors (Lipinski definition) is 1. The third-order valence-electron chi connectivity index (χ3n) is 9.94. The Morgan fingerprint density at radius 2 is 1.81 bits per heavy atom. The first-order valence-corrected chi connectivity index (χ1v) is 17.9. The number of aromatic nitrogens is 1. The van der Waals surface area contributed by atoms with Gasteiger partial charge in [0.2, 0.25) is 0 Å². The second-order valence-corrected chi connectivity index (χ2v) is 13.0. The topological polar surface area (TPSA) is 8.17 Å². The van der Waals surface area contributed by atoms with Crippen molar-refractivity contribution in [3.63, 3.8) is 0 Å². The largest absolute Gasteiger partial charge is 0.314 e. The Morgan fingerprint density at radius 3 is 2.60 bits per heavy atom. The smallest absolute Gasteiger partial charge is 0.0742 e. The van der Waals surface area contributed by atoms with Crippen molar-refractivity contribution in [2.75, 3.05) is 4.90 Å². The Hall–Kier alpha value is -7.10. The van der Waals surface area contributed by atoms with E-state index >= 15 is 0 Å². The van der Waals surface area contributed by atoms with Crippen molar-refractivity contribution >= 4 is 62.1 Å². The van der Waals surface area contributed by atoms with Gasteiger partial charge in [0.25, 0.3) is 0 Å². The second-order valence-electron chi connectivity index (χ2n) is 13.0. The highest BCUT2D eigenvalue weighted by atomic mass is 15.2. The predicted molar refractivity (Wildman–Crippen MR) is 226 cm³/mol. The van der Waals surface area contributed by atoms with E-state index in [0.717, 1.165) is 67.0 Å². The van der Waals surface area contributed by atoms with E-state index in [0.29, 0.717) is 12.8 Å². The van der Waals surface area contributed by atoms with Gasteiger partial charge in [-0.15, -0.1) is 12.3 Å². The van der Waals surface area contributed by atoms with Crippen LogP contribution in [0.3, 0.4) is 0 Å². The monoisotopic (exact) mass is 676 g/mol. The van der Waals surface area contributed by atoms with Gasteiger partial charge < -0.3 is 9.47 Å². The van der Waals surface area contributed by atoms with Gasteiger partial charge in [0, 0.05) is 41.3 Å².